The van der Waals surface area contributed by atoms with Crippen molar-refractivity contribution in [3.8, 4) is 5.75 Å². The van der Waals surface area contributed by atoms with E-state index in [2.05, 4.69) is 4.98 Å². The van der Waals surface area contributed by atoms with Gasteiger partial charge in [-0.3, -0.25) is 9.59 Å². The average molecular weight is 357 g/mol. The smallest absolute Gasteiger partial charge is 0.255 e. The zero-order valence-corrected chi connectivity index (χ0v) is 15.6. The molecule has 0 radical (unpaired) electrons. The summed E-state index contributed by atoms with van der Waals surface area (Å²) in [5.74, 6) is 0.764. The van der Waals surface area contributed by atoms with E-state index < -0.39 is 6.04 Å². The van der Waals surface area contributed by atoms with Gasteiger partial charge in [0.05, 0.1) is 6.04 Å². The topological polar surface area (TPSA) is 88.4 Å². The number of nitrogens with two attached hydrogens (primary N) is 1. The minimum Gasteiger partial charge on any atom is -0.490 e. The number of pyridine rings is 1. The van der Waals surface area contributed by atoms with Crippen LogP contribution in [0.15, 0.2) is 35.3 Å². The highest BCUT2D eigenvalue weighted by Gasteiger charge is 2.33. The first-order valence-electron chi connectivity index (χ1n) is 9.08. The molecule has 3 rings (SSSR count). The molecule has 0 saturated carbocycles. The highest BCUT2D eigenvalue weighted by Crippen LogP contribution is 2.24. The van der Waals surface area contributed by atoms with Crippen LogP contribution >= 0.6 is 0 Å². The predicted octanol–water partition coefficient (Wildman–Crippen LogP) is 2.27. The Hall–Kier alpha value is -2.34. The fraction of sp³-hybridized carbons (Fsp3) is 0.500. The van der Waals surface area contributed by atoms with Gasteiger partial charge in [0.15, 0.2) is 0 Å². The van der Waals surface area contributed by atoms with Crippen LogP contribution in [-0.2, 0) is 4.79 Å². The van der Waals surface area contributed by atoms with Crippen molar-refractivity contribution in [3.63, 3.8) is 0 Å². The summed E-state index contributed by atoms with van der Waals surface area (Å²) < 4.78 is 6.08. The number of fused-ring (bicyclic) bond motifs is 1. The Balaban J connectivity index is 1.61. The lowest BCUT2D eigenvalue weighted by Gasteiger charge is -2.36. The Morgan fingerprint density at radius 2 is 1.96 bits per heavy atom. The quantitative estimate of drug-likeness (QED) is 0.882. The SMILES string of the molecule is CC(C)(C)[C@H](N)C(=O)N1CCC(Oc2ccc3c(=O)[nH]ccc3c2)CC1. The van der Waals surface area contributed by atoms with Crippen molar-refractivity contribution in [1.82, 2.24) is 9.88 Å². The van der Waals surface area contributed by atoms with Crippen LogP contribution in [0, 0.1) is 5.41 Å². The van der Waals surface area contributed by atoms with Crippen molar-refractivity contribution in [2.24, 2.45) is 11.1 Å². The van der Waals surface area contributed by atoms with Gasteiger partial charge in [0, 0.05) is 37.5 Å². The molecule has 140 valence electrons. The summed E-state index contributed by atoms with van der Waals surface area (Å²) in [5, 5.41) is 1.51. The molecule has 26 heavy (non-hydrogen) atoms. The Morgan fingerprint density at radius 3 is 2.62 bits per heavy atom. The minimum absolute atomic E-state index is 0.0147. The van der Waals surface area contributed by atoms with Gasteiger partial charge in [-0.25, -0.2) is 0 Å². The summed E-state index contributed by atoms with van der Waals surface area (Å²) in [5.41, 5.74) is 5.75. The molecular formula is C20H27N3O3. The van der Waals surface area contributed by atoms with Gasteiger partial charge in [-0.15, -0.1) is 0 Å². The maximum atomic E-state index is 12.5. The Bertz CT molecular complexity index is 845. The second kappa shape index (κ2) is 7.11. The van der Waals surface area contributed by atoms with Gasteiger partial charge in [-0.2, -0.15) is 0 Å². The third-order valence-electron chi connectivity index (χ3n) is 5.00. The number of ether oxygens (including phenoxy) is 1. The fourth-order valence-electron chi connectivity index (χ4n) is 3.20. The van der Waals surface area contributed by atoms with E-state index in [1.54, 1.807) is 12.3 Å². The second-order valence-electron chi connectivity index (χ2n) is 8.04. The number of hydrogen-bond donors (Lipinski definition) is 2. The van der Waals surface area contributed by atoms with Crippen LogP contribution in [0.1, 0.15) is 33.6 Å². The summed E-state index contributed by atoms with van der Waals surface area (Å²) in [4.78, 5) is 28.8. The van der Waals surface area contributed by atoms with Crippen LogP contribution in [0.5, 0.6) is 5.75 Å². The summed E-state index contributed by atoms with van der Waals surface area (Å²) in [6.45, 7) is 7.25. The molecule has 1 aliphatic rings. The molecule has 6 nitrogen and oxygen atoms in total. The first kappa shape index (κ1) is 18.5. The van der Waals surface area contributed by atoms with E-state index in [0.717, 1.165) is 24.0 Å². The van der Waals surface area contributed by atoms with Gasteiger partial charge in [0.2, 0.25) is 5.91 Å². The molecule has 0 unspecified atom stereocenters. The van der Waals surface area contributed by atoms with Gasteiger partial charge in [-0.05, 0) is 35.1 Å². The second-order valence-corrected chi connectivity index (χ2v) is 8.04. The summed E-state index contributed by atoms with van der Waals surface area (Å²) in [6, 6.07) is 6.87. The Kier molecular flexibility index (Phi) is 5.05. The molecule has 6 heteroatoms. The number of carbonyl (C=O) groups excluding carboxylic acids is 1. The molecule has 0 aliphatic carbocycles. The highest BCUT2D eigenvalue weighted by atomic mass is 16.5. The highest BCUT2D eigenvalue weighted by molar-refractivity contribution is 5.83. The molecule has 0 spiro atoms. The predicted molar refractivity (Wildman–Crippen MR) is 102 cm³/mol. The molecule has 1 aromatic carbocycles. The number of rotatable bonds is 3. The molecular weight excluding hydrogens is 330 g/mol. The van der Waals surface area contributed by atoms with E-state index in [1.165, 1.54) is 0 Å². The van der Waals surface area contributed by atoms with E-state index in [1.807, 2.05) is 43.9 Å². The number of aromatic amines is 1. The van der Waals surface area contributed by atoms with Gasteiger partial charge >= 0.3 is 0 Å². The third-order valence-corrected chi connectivity index (χ3v) is 5.00. The van der Waals surface area contributed by atoms with Crippen molar-refractivity contribution in [2.45, 2.75) is 45.8 Å². The van der Waals surface area contributed by atoms with Crippen LogP contribution in [-0.4, -0.2) is 41.0 Å². The number of amides is 1. The van der Waals surface area contributed by atoms with E-state index in [-0.39, 0.29) is 23.0 Å². The standard InChI is InChI=1S/C20H27N3O3/c1-20(2,3)17(21)19(25)23-10-7-14(8-11-23)26-15-4-5-16-13(12-15)6-9-22-18(16)24/h4-6,9,12,14,17H,7-8,10-11,21H2,1-3H3,(H,22,24)/t17-/m1/s1. The van der Waals surface area contributed by atoms with Crippen molar-refractivity contribution in [3.05, 3.63) is 40.8 Å². The van der Waals surface area contributed by atoms with Gasteiger partial charge in [-0.1, -0.05) is 20.8 Å². The summed E-state index contributed by atoms with van der Waals surface area (Å²) in [7, 11) is 0. The van der Waals surface area contributed by atoms with Crippen LogP contribution in [0.3, 0.4) is 0 Å². The molecule has 1 atom stereocenters. The van der Waals surface area contributed by atoms with Crippen LogP contribution in [0.4, 0.5) is 0 Å². The van der Waals surface area contributed by atoms with E-state index in [4.69, 9.17) is 10.5 Å². The fourth-order valence-corrected chi connectivity index (χ4v) is 3.20. The Labute approximate surface area is 153 Å². The lowest BCUT2D eigenvalue weighted by atomic mass is 9.86. The normalized spacial score (nSPS) is 17.3. The number of piperidine rings is 1. The summed E-state index contributed by atoms with van der Waals surface area (Å²) in [6.07, 6.45) is 3.24. The number of aromatic nitrogens is 1. The molecule has 1 saturated heterocycles. The molecule has 1 aliphatic heterocycles. The van der Waals surface area contributed by atoms with E-state index in [9.17, 15) is 9.59 Å². The number of nitrogens with zero attached hydrogens (tertiary/aromatic N) is 1. The van der Waals surface area contributed by atoms with Crippen LogP contribution in [0.2, 0.25) is 0 Å². The Morgan fingerprint density at radius 1 is 1.27 bits per heavy atom. The monoisotopic (exact) mass is 357 g/mol. The van der Waals surface area contributed by atoms with Gasteiger partial charge in [0.1, 0.15) is 11.9 Å². The maximum Gasteiger partial charge on any atom is 0.255 e. The molecule has 1 aromatic heterocycles. The zero-order chi connectivity index (χ0) is 18.9. The van der Waals surface area contributed by atoms with Crippen molar-refractivity contribution < 1.29 is 9.53 Å². The lowest BCUT2D eigenvalue weighted by molar-refractivity contribution is -0.136. The molecule has 1 amide bonds. The van der Waals surface area contributed by atoms with Crippen molar-refractivity contribution >= 4 is 16.7 Å². The molecule has 0 bridgehead atoms. The lowest BCUT2D eigenvalue weighted by Crippen LogP contribution is -2.53. The maximum absolute atomic E-state index is 12.5. The van der Waals surface area contributed by atoms with Gasteiger partial charge in [0.25, 0.3) is 5.56 Å². The first-order chi connectivity index (χ1) is 12.3. The van der Waals surface area contributed by atoms with Crippen LogP contribution in [0.25, 0.3) is 10.8 Å². The number of benzene rings is 1. The first-order valence-corrected chi connectivity index (χ1v) is 9.08. The number of hydrogen-bond acceptors (Lipinski definition) is 4. The van der Waals surface area contributed by atoms with Gasteiger partial charge < -0.3 is 20.4 Å². The van der Waals surface area contributed by atoms with Crippen molar-refractivity contribution in [2.75, 3.05) is 13.1 Å². The van der Waals surface area contributed by atoms with Crippen molar-refractivity contribution in [1.29, 1.82) is 0 Å². The van der Waals surface area contributed by atoms with Crippen LogP contribution < -0.4 is 16.0 Å². The molecule has 3 N–H and O–H groups in total. The van der Waals surface area contributed by atoms with E-state index in [0.29, 0.717) is 18.5 Å². The van der Waals surface area contributed by atoms with E-state index >= 15 is 0 Å². The number of likely N-dealkylation sites (tertiary alicyclic amines) is 1. The summed E-state index contributed by atoms with van der Waals surface area (Å²) >= 11 is 0. The molecule has 2 heterocycles. The molecule has 2 aromatic rings. The number of carbonyl (C=O) groups is 1. The number of nitrogens with one attached hydrogen (secondary N) is 1. The largest absolute Gasteiger partial charge is 0.490 e. The molecule has 1 fully saturated rings. The third kappa shape index (κ3) is 3.90. The number of H-pyrrole nitrogens is 1. The zero-order valence-electron chi connectivity index (χ0n) is 15.6. The average Bonchev–Trinajstić information content (AvgIpc) is 2.60. The minimum atomic E-state index is -0.487.